The zero-order valence-electron chi connectivity index (χ0n) is 8.33. The minimum Gasteiger partial charge on any atom is -0.383 e. The lowest BCUT2D eigenvalue weighted by molar-refractivity contribution is 0.546. The van der Waals surface area contributed by atoms with Crippen LogP contribution in [-0.2, 0) is 12.8 Å². The summed E-state index contributed by atoms with van der Waals surface area (Å²) in [6, 6.07) is 0.393. The predicted molar refractivity (Wildman–Crippen MR) is 64.5 cm³/mol. The number of rotatable bonds is 2. The van der Waals surface area contributed by atoms with E-state index in [1.165, 1.54) is 17.3 Å². The van der Waals surface area contributed by atoms with Crippen LogP contribution in [0.5, 0.6) is 0 Å². The molecule has 1 aromatic rings. The molecule has 0 amide bonds. The SMILES string of the molecule is N=Cc1c(N)ncc2c1CCC(NS)C2. The van der Waals surface area contributed by atoms with Crippen LogP contribution >= 0.6 is 12.8 Å². The normalized spacial score (nSPS) is 19.7. The van der Waals surface area contributed by atoms with Crippen molar-refractivity contribution < 1.29 is 0 Å². The fraction of sp³-hybridized carbons (Fsp3) is 0.400. The van der Waals surface area contributed by atoms with Crippen LogP contribution in [0.3, 0.4) is 0 Å². The maximum atomic E-state index is 7.34. The van der Waals surface area contributed by atoms with E-state index in [1.54, 1.807) is 0 Å². The lowest BCUT2D eigenvalue weighted by Gasteiger charge is -2.24. The van der Waals surface area contributed by atoms with E-state index in [-0.39, 0.29) is 0 Å². The molecular formula is C10H14N4S. The van der Waals surface area contributed by atoms with E-state index in [0.717, 1.165) is 24.8 Å². The van der Waals surface area contributed by atoms with Gasteiger partial charge in [-0.2, -0.15) is 0 Å². The van der Waals surface area contributed by atoms with Crippen LogP contribution in [0.25, 0.3) is 0 Å². The summed E-state index contributed by atoms with van der Waals surface area (Å²) in [7, 11) is 0. The third-order valence-electron chi connectivity index (χ3n) is 2.88. The van der Waals surface area contributed by atoms with Gasteiger partial charge in [-0.1, -0.05) is 12.8 Å². The molecule has 1 aliphatic rings. The van der Waals surface area contributed by atoms with Gasteiger partial charge in [0.1, 0.15) is 5.82 Å². The van der Waals surface area contributed by atoms with Crippen molar-refractivity contribution >= 4 is 24.8 Å². The third-order valence-corrected chi connectivity index (χ3v) is 3.25. The molecular weight excluding hydrogens is 208 g/mol. The van der Waals surface area contributed by atoms with Gasteiger partial charge < -0.3 is 11.1 Å². The number of fused-ring (bicyclic) bond motifs is 1. The lowest BCUT2D eigenvalue weighted by Crippen LogP contribution is -2.29. The first kappa shape index (κ1) is 10.4. The molecule has 1 heterocycles. The molecule has 4 N–H and O–H groups in total. The van der Waals surface area contributed by atoms with Crippen LogP contribution in [-0.4, -0.2) is 17.2 Å². The van der Waals surface area contributed by atoms with Crippen molar-refractivity contribution in [1.29, 1.82) is 5.41 Å². The first-order valence-electron chi connectivity index (χ1n) is 4.92. The van der Waals surface area contributed by atoms with Crippen LogP contribution in [0.15, 0.2) is 6.20 Å². The number of hydrogen-bond donors (Lipinski definition) is 4. The largest absolute Gasteiger partial charge is 0.383 e. The van der Waals surface area contributed by atoms with Gasteiger partial charge in [-0.3, -0.25) is 4.72 Å². The molecule has 80 valence electrons. The molecule has 0 spiro atoms. The molecule has 15 heavy (non-hydrogen) atoms. The number of pyridine rings is 1. The summed E-state index contributed by atoms with van der Waals surface area (Å²) in [5.74, 6) is 0.459. The number of hydrogen-bond acceptors (Lipinski definition) is 5. The van der Waals surface area contributed by atoms with Crippen molar-refractivity contribution in [2.45, 2.75) is 25.3 Å². The number of nitrogens with two attached hydrogens (primary N) is 1. The van der Waals surface area contributed by atoms with Crippen molar-refractivity contribution in [1.82, 2.24) is 9.71 Å². The zero-order chi connectivity index (χ0) is 10.8. The highest BCUT2D eigenvalue weighted by Gasteiger charge is 2.20. The Balaban J connectivity index is 2.42. The highest BCUT2D eigenvalue weighted by molar-refractivity contribution is 7.78. The second-order valence-electron chi connectivity index (χ2n) is 3.77. The smallest absolute Gasteiger partial charge is 0.132 e. The Labute approximate surface area is 94.3 Å². The molecule has 0 radical (unpaired) electrons. The van der Waals surface area contributed by atoms with Gasteiger partial charge in [0.2, 0.25) is 0 Å². The van der Waals surface area contributed by atoms with Gasteiger partial charge in [0.05, 0.1) is 0 Å². The predicted octanol–water partition coefficient (Wildman–Crippen LogP) is 0.953. The Morgan fingerprint density at radius 2 is 2.47 bits per heavy atom. The fourth-order valence-electron chi connectivity index (χ4n) is 2.05. The summed E-state index contributed by atoms with van der Waals surface area (Å²) in [4.78, 5) is 4.11. The molecule has 1 atom stereocenters. The first-order chi connectivity index (χ1) is 7.26. The zero-order valence-corrected chi connectivity index (χ0v) is 9.22. The molecule has 1 unspecified atom stereocenters. The molecule has 2 rings (SSSR count). The van der Waals surface area contributed by atoms with Crippen molar-refractivity contribution in [2.24, 2.45) is 0 Å². The summed E-state index contributed by atoms with van der Waals surface area (Å²) in [5.41, 5.74) is 8.87. The average Bonchev–Trinajstić information content (AvgIpc) is 2.28. The molecule has 0 saturated heterocycles. The monoisotopic (exact) mass is 222 g/mol. The second-order valence-corrected chi connectivity index (χ2v) is 4.03. The highest BCUT2D eigenvalue weighted by atomic mass is 32.1. The Morgan fingerprint density at radius 1 is 1.67 bits per heavy atom. The summed E-state index contributed by atoms with van der Waals surface area (Å²) < 4.78 is 2.98. The summed E-state index contributed by atoms with van der Waals surface area (Å²) in [5, 5.41) is 7.34. The minimum atomic E-state index is 0.393. The molecule has 0 aliphatic heterocycles. The number of nitrogens with zero attached hydrogens (tertiary/aromatic N) is 1. The van der Waals surface area contributed by atoms with Crippen LogP contribution < -0.4 is 10.5 Å². The van der Waals surface area contributed by atoms with Crippen LogP contribution in [0.1, 0.15) is 23.1 Å². The quantitative estimate of drug-likeness (QED) is 0.444. The topological polar surface area (TPSA) is 74.8 Å². The number of nitrogen functional groups attached to an aromatic ring is 1. The van der Waals surface area contributed by atoms with Gasteiger partial charge in [0.25, 0.3) is 0 Å². The van der Waals surface area contributed by atoms with E-state index >= 15 is 0 Å². The highest BCUT2D eigenvalue weighted by Crippen LogP contribution is 2.25. The molecule has 4 nitrogen and oxygen atoms in total. The van der Waals surface area contributed by atoms with Gasteiger partial charge in [-0.05, 0) is 30.4 Å². The Hall–Kier alpha value is -1.07. The van der Waals surface area contributed by atoms with E-state index in [2.05, 4.69) is 22.5 Å². The van der Waals surface area contributed by atoms with Crippen LogP contribution in [0, 0.1) is 5.41 Å². The number of aromatic nitrogens is 1. The fourth-order valence-corrected chi connectivity index (χ4v) is 2.27. The first-order valence-corrected chi connectivity index (χ1v) is 5.37. The van der Waals surface area contributed by atoms with Gasteiger partial charge in [-0.15, -0.1) is 0 Å². The third kappa shape index (κ3) is 1.85. The Bertz CT molecular complexity index is 391. The van der Waals surface area contributed by atoms with Crippen molar-refractivity contribution in [2.75, 3.05) is 5.73 Å². The number of thiol groups is 1. The van der Waals surface area contributed by atoms with Gasteiger partial charge in [0, 0.05) is 24.0 Å². The minimum absolute atomic E-state index is 0.393. The van der Waals surface area contributed by atoms with E-state index in [4.69, 9.17) is 11.1 Å². The maximum absolute atomic E-state index is 7.34. The Morgan fingerprint density at radius 3 is 3.13 bits per heavy atom. The van der Waals surface area contributed by atoms with Crippen molar-refractivity contribution in [3.63, 3.8) is 0 Å². The van der Waals surface area contributed by atoms with Gasteiger partial charge in [-0.25, -0.2) is 4.98 Å². The van der Waals surface area contributed by atoms with Crippen molar-refractivity contribution in [3.8, 4) is 0 Å². The van der Waals surface area contributed by atoms with Crippen LogP contribution in [0.4, 0.5) is 5.82 Å². The Kier molecular flexibility index (Phi) is 2.93. The van der Waals surface area contributed by atoms with E-state index < -0.39 is 0 Å². The molecule has 0 aromatic carbocycles. The van der Waals surface area contributed by atoms with Crippen LogP contribution in [0.2, 0.25) is 0 Å². The standard InChI is InChI=1S/C10H14N4S/c11-4-9-8-2-1-7(14-15)3-6(8)5-13-10(9)12/h4-5,7,11,14-15H,1-3H2,(H2,12,13). The van der Waals surface area contributed by atoms with E-state index in [9.17, 15) is 0 Å². The molecule has 5 heteroatoms. The molecule has 0 saturated carbocycles. The van der Waals surface area contributed by atoms with E-state index in [0.29, 0.717) is 11.9 Å². The molecule has 0 bridgehead atoms. The molecule has 1 aliphatic carbocycles. The molecule has 1 aromatic heterocycles. The van der Waals surface area contributed by atoms with Crippen molar-refractivity contribution in [3.05, 3.63) is 22.9 Å². The second kappa shape index (κ2) is 4.20. The van der Waals surface area contributed by atoms with Gasteiger partial charge in [0.15, 0.2) is 0 Å². The lowest BCUT2D eigenvalue weighted by atomic mass is 9.87. The summed E-state index contributed by atoms with van der Waals surface area (Å²) in [6.45, 7) is 0. The number of nitrogens with one attached hydrogen (secondary N) is 2. The number of anilines is 1. The average molecular weight is 222 g/mol. The van der Waals surface area contributed by atoms with Gasteiger partial charge >= 0.3 is 0 Å². The summed E-state index contributed by atoms with van der Waals surface area (Å²) >= 11 is 4.08. The molecule has 0 fully saturated rings. The summed E-state index contributed by atoms with van der Waals surface area (Å²) in [6.07, 6.45) is 5.99. The van der Waals surface area contributed by atoms with E-state index in [1.807, 2.05) is 6.20 Å². The maximum Gasteiger partial charge on any atom is 0.132 e.